The summed E-state index contributed by atoms with van der Waals surface area (Å²) in [5, 5.41) is 7.41. The highest BCUT2D eigenvalue weighted by Gasteiger charge is 2.33. The van der Waals surface area contributed by atoms with Crippen LogP contribution in [0.5, 0.6) is 0 Å². The molecule has 2 N–H and O–H groups in total. The van der Waals surface area contributed by atoms with Crippen molar-refractivity contribution in [1.82, 2.24) is 14.3 Å². The molecule has 1 aliphatic rings. The van der Waals surface area contributed by atoms with Crippen molar-refractivity contribution in [2.45, 2.75) is 32.7 Å². The number of amides is 1. The Morgan fingerprint density at radius 3 is 2.83 bits per heavy atom. The molecule has 0 bridgehead atoms. The lowest BCUT2D eigenvalue weighted by atomic mass is 10.1. The predicted octanol–water partition coefficient (Wildman–Crippen LogP) is 0.734. The number of rotatable bonds is 4. The largest absolute Gasteiger partial charge is 0.350 e. The number of hydrogen-bond donors (Lipinski definition) is 2. The normalized spacial score (nSPS) is 20.9. The zero-order chi connectivity index (χ0) is 16.6. The van der Waals surface area contributed by atoms with Crippen molar-refractivity contribution in [3.63, 3.8) is 0 Å². The Balaban J connectivity index is 1.69. The number of likely N-dealkylation sites (tertiary alicyclic amines) is 1. The summed E-state index contributed by atoms with van der Waals surface area (Å²) in [5.74, 6) is 0.0697. The second-order valence-electron chi connectivity index (χ2n) is 6.54. The van der Waals surface area contributed by atoms with Gasteiger partial charge in [0.05, 0.1) is 29.3 Å². The van der Waals surface area contributed by atoms with Crippen LogP contribution in [0.4, 0.5) is 5.69 Å². The average Bonchev–Trinajstić information content (AvgIpc) is 3.16. The van der Waals surface area contributed by atoms with Crippen LogP contribution >= 0.6 is 0 Å². The first-order valence-corrected chi connectivity index (χ1v) is 8.23. The average molecular weight is 316 g/mol. The van der Waals surface area contributed by atoms with Crippen molar-refractivity contribution in [1.29, 1.82) is 0 Å². The van der Waals surface area contributed by atoms with Crippen LogP contribution < -0.4 is 10.2 Å². The van der Waals surface area contributed by atoms with Crippen LogP contribution in [-0.2, 0) is 18.9 Å². The molecular weight excluding hydrogens is 290 g/mol. The van der Waals surface area contributed by atoms with Gasteiger partial charge in [0.2, 0.25) is 0 Å². The Bertz CT molecular complexity index is 715. The topological polar surface area (TPSA) is 56.3 Å². The molecule has 1 amide bonds. The van der Waals surface area contributed by atoms with Gasteiger partial charge in [0, 0.05) is 33.1 Å². The van der Waals surface area contributed by atoms with Gasteiger partial charge in [-0.1, -0.05) is 0 Å². The van der Waals surface area contributed by atoms with Gasteiger partial charge in [-0.25, -0.2) is 0 Å². The van der Waals surface area contributed by atoms with Crippen molar-refractivity contribution in [3.05, 3.63) is 35.4 Å². The highest BCUT2D eigenvalue weighted by molar-refractivity contribution is 5.92. The summed E-state index contributed by atoms with van der Waals surface area (Å²) in [6, 6.07) is 4.66. The lowest BCUT2D eigenvalue weighted by Gasteiger charge is -2.21. The highest BCUT2D eigenvalue weighted by atomic mass is 16.2. The number of aryl methyl sites for hydroxylation is 3. The fraction of sp³-hybridized carbons (Fsp3) is 0.529. The molecule has 124 valence electrons. The number of carbonyl (C=O) groups is 1. The molecule has 1 fully saturated rings. The monoisotopic (exact) mass is 316 g/mol. The van der Waals surface area contributed by atoms with Gasteiger partial charge in [0.25, 0.3) is 5.91 Å². The minimum absolute atomic E-state index is 0.0697. The molecule has 1 unspecified atom stereocenters. The van der Waals surface area contributed by atoms with E-state index in [1.54, 1.807) is 4.68 Å². The van der Waals surface area contributed by atoms with Crippen molar-refractivity contribution < 1.29 is 9.69 Å². The summed E-state index contributed by atoms with van der Waals surface area (Å²) in [6.45, 7) is 5.46. The van der Waals surface area contributed by atoms with Gasteiger partial charge < -0.3 is 14.8 Å². The van der Waals surface area contributed by atoms with Crippen LogP contribution in [-0.4, -0.2) is 33.3 Å². The van der Waals surface area contributed by atoms with Crippen molar-refractivity contribution in [3.8, 4) is 0 Å². The van der Waals surface area contributed by atoms with Crippen molar-refractivity contribution >= 4 is 11.6 Å². The molecule has 23 heavy (non-hydrogen) atoms. The summed E-state index contributed by atoms with van der Waals surface area (Å²) < 4.78 is 3.98. The molecule has 2 aromatic heterocycles. The van der Waals surface area contributed by atoms with Crippen molar-refractivity contribution in [2.75, 3.05) is 18.4 Å². The summed E-state index contributed by atoms with van der Waals surface area (Å²) in [5.41, 5.74) is 4.03. The van der Waals surface area contributed by atoms with E-state index in [1.165, 1.54) is 17.0 Å². The Morgan fingerprint density at radius 1 is 1.43 bits per heavy atom. The van der Waals surface area contributed by atoms with E-state index < -0.39 is 0 Å². The molecule has 1 aliphatic heterocycles. The summed E-state index contributed by atoms with van der Waals surface area (Å²) in [7, 11) is 3.98. The third kappa shape index (κ3) is 3.03. The van der Waals surface area contributed by atoms with Gasteiger partial charge in [-0.15, -0.1) is 0 Å². The van der Waals surface area contributed by atoms with Gasteiger partial charge in [-0.2, -0.15) is 5.10 Å². The van der Waals surface area contributed by atoms with E-state index in [4.69, 9.17) is 0 Å². The van der Waals surface area contributed by atoms with E-state index in [-0.39, 0.29) is 5.91 Å². The fourth-order valence-corrected chi connectivity index (χ4v) is 3.66. The highest BCUT2D eigenvalue weighted by Crippen LogP contribution is 2.20. The molecule has 0 aliphatic carbocycles. The van der Waals surface area contributed by atoms with E-state index in [1.807, 2.05) is 20.9 Å². The lowest BCUT2D eigenvalue weighted by Crippen LogP contribution is -3.11. The number of nitrogens with zero attached hydrogens (tertiary/aromatic N) is 3. The Hall–Kier alpha value is -2.08. The van der Waals surface area contributed by atoms with Gasteiger partial charge in [0.15, 0.2) is 6.54 Å². The van der Waals surface area contributed by atoms with Gasteiger partial charge in [-0.05, 0) is 26.0 Å². The minimum Gasteiger partial charge on any atom is -0.350 e. The second kappa shape index (κ2) is 6.20. The predicted molar refractivity (Wildman–Crippen MR) is 89.4 cm³/mol. The molecule has 6 nitrogen and oxygen atoms in total. The second-order valence-corrected chi connectivity index (χ2v) is 6.54. The van der Waals surface area contributed by atoms with Crippen LogP contribution in [0.2, 0.25) is 0 Å². The molecule has 3 rings (SSSR count). The zero-order valence-electron chi connectivity index (χ0n) is 14.4. The summed E-state index contributed by atoms with van der Waals surface area (Å²) >= 11 is 0. The lowest BCUT2D eigenvalue weighted by molar-refractivity contribution is -0.910. The van der Waals surface area contributed by atoms with E-state index in [0.29, 0.717) is 12.6 Å². The summed E-state index contributed by atoms with van der Waals surface area (Å²) in [4.78, 5) is 13.9. The first-order chi connectivity index (χ1) is 11.0. The quantitative estimate of drug-likeness (QED) is 0.874. The zero-order valence-corrected chi connectivity index (χ0v) is 14.4. The van der Waals surface area contributed by atoms with E-state index in [9.17, 15) is 4.79 Å². The molecule has 0 spiro atoms. The Morgan fingerprint density at radius 2 is 2.22 bits per heavy atom. The maximum Gasteiger partial charge on any atom is 0.279 e. The standard InChI is InChI=1S/C17H25N5O/c1-12-17(13(2)21(4)19-12)18-16(23)11-22-10-6-8-15(22)14-7-5-9-20(14)3/h5,7,9,15H,6,8,10-11H2,1-4H3,(H,18,23)/p+1/t15-/m1/s1. The molecule has 2 aromatic rings. The third-order valence-corrected chi connectivity index (χ3v) is 4.99. The molecule has 2 atom stereocenters. The van der Waals surface area contributed by atoms with Crippen LogP contribution in [0.25, 0.3) is 0 Å². The third-order valence-electron chi connectivity index (χ3n) is 4.99. The molecule has 0 saturated carbocycles. The SMILES string of the molecule is Cc1nn(C)c(C)c1NC(=O)C[NH+]1CCC[C@@H]1c1cccn1C. The molecule has 1 saturated heterocycles. The molecular formula is C17H26N5O+. The fourth-order valence-electron chi connectivity index (χ4n) is 3.66. The molecule has 3 heterocycles. The first-order valence-electron chi connectivity index (χ1n) is 8.23. The number of aromatic nitrogens is 3. The minimum atomic E-state index is 0.0697. The van der Waals surface area contributed by atoms with Crippen LogP contribution in [0.3, 0.4) is 0 Å². The smallest absolute Gasteiger partial charge is 0.279 e. The molecule has 0 aromatic carbocycles. The first kappa shape index (κ1) is 15.8. The molecule has 6 heteroatoms. The Labute approximate surface area is 137 Å². The van der Waals surface area contributed by atoms with E-state index >= 15 is 0 Å². The van der Waals surface area contributed by atoms with Crippen LogP contribution in [0.15, 0.2) is 18.3 Å². The number of nitrogens with one attached hydrogen (secondary N) is 2. The Kier molecular flexibility index (Phi) is 4.26. The number of quaternary nitrogens is 1. The summed E-state index contributed by atoms with van der Waals surface area (Å²) in [6.07, 6.45) is 4.39. The molecule has 0 radical (unpaired) electrons. The number of anilines is 1. The van der Waals surface area contributed by atoms with E-state index in [0.717, 1.165) is 30.0 Å². The maximum atomic E-state index is 12.5. The van der Waals surface area contributed by atoms with E-state index in [2.05, 4.69) is 40.4 Å². The maximum absolute atomic E-state index is 12.5. The van der Waals surface area contributed by atoms with Crippen molar-refractivity contribution in [2.24, 2.45) is 14.1 Å². The van der Waals surface area contributed by atoms with Crippen LogP contribution in [0.1, 0.15) is 36.0 Å². The number of hydrogen-bond acceptors (Lipinski definition) is 2. The van der Waals surface area contributed by atoms with Crippen LogP contribution in [0, 0.1) is 13.8 Å². The number of carbonyl (C=O) groups excluding carboxylic acids is 1. The van der Waals surface area contributed by atoms with Gasteiger partial charge >= 0.3 is 0 Å². The van der Waals surface area contributed by atoms with Gasteiger partial charge in [-0.3, -0.25) is 9.48 Å². The van der Waals surface area contributed by atoms with Gasteiger partial charge in [0.1, 0.15) is 6.04 Å².